The Kier molecular flexibility index (Phi) is 4.51. The molecule has 0 aliphatic heterocycles. The molecule has 1 fully saturated rings. The van der Waals surface area contributed by atoms with Crippen molar-refractivity contribution in [3.63, 3.8) is 0 Å². The van der Waals surface area contributed by atoms with Crippen LogP contribution in [0.4, 0.5) is 4.39 Å². The van der Waals surface area contributed by atoms with E-state index >= 15 is 0 Å². The largest absolute Gasteiger partial charge is 0.490 e. The highest BCUT2D eigenvalue weighted by molar-refractivity contribution is 7.11. The number of thiazole rings is 1. The molecule has 2 aromatic rings. The summed E-state index contributed by atoms with van der Waals surface area (Å²) in [4.78, 5) is 6.08. The fourth-order valence-electron chi connectivity index (χ4n) is 2.29. The van der Waals surface area contributed by atoms with Crippen LogP contribution in [-0.4, -0.2) is 18.6 Å². The highest BCUT2D eigenvalue weighted by atomic mass is 32.1. The number of hydrogen-bond acceptors (Lipinski definition) is 4. The normalized spacial score (nSPS) is 14.4. The van der Waals surface area contributed by atoms with E-state index in [9.17, 15) is 4.39 Å². The van der Waals surface area contributed by atoms with Crippen molar-refractivity contribution in [2.75, 3.05) is 13.7 Å². The third-order valence-electron chi connectivity index (χ3n) is 3.48. The van der Waals surface area contributed by atoms with Gasteiger partial charge in [0.15, 0.2) is 11.6 Å². The van der Waals surface area contributed by atoms with Gasteiger partial charge >= 0.3 is 0 Å². The van der Waals surface area contributed by atoms with Crippen LogP contribution in [0.2, 0.25) is 0 Å². The van der Waals surface area contributed by atoms with Crippen LogP contribution in [0.3, 0.4) is 0 Å². The molecule has 1 aromatic carbocycles. The molecule has 21 heavy (non-hydrogen) atoms. The number of hydrogen-bond donors (Lipinski definition) is 1. The van der Waals surface area contributed by atoms with Crippen molar-refractivity contribution in [1.29, 1.82) is 0 Å². The molecule has 1 N–H and O–H groups in total. The quantitative estimate of drug-likeness (QED) is 0.850. The minimum Gasteiger partial charge on any atom is -0.490 e. The summed E-state index contributed by atoms with van der Waals surface area (Å²) in [6, 6.07) is 6.50. The van der Waals surface area contributed by atoms with Gasteiger partial charge in [-0.3, -0.25) is 0 Å². The lowest BCUT2D eigenvalue weighted by atomic mass is 10.2. The molecular formula is C16H19FN2OS. The molecule has 0 radical (unpaired) electrons. The van der Waals surface area contributed by atoms with Gasteiger partial charge in [-0.25, -0.2) is 9.37 Å². The average Bonchev–Trinajstić information content (AvgIpc) is 3.24. The molecule has 5 heteroatoms. The molecule has 1 heterocycles. The first-order valence-electron chi connectivity index (χ1n) is 7.28. The van der Waals surface area contributed by atoms with Crippen molar-refractivity contribution in [3.05, 3.63) is 45.7 Å². The number of rotatable bonds is 7. The van der Waals surface area contributed by atoms with Gasteiger partial charge in [-0.1, -0.05) is 12.1 Å². The lowest BCUT2D eigenvalue weighted by Crippen LogP contribution is -2.05. The van der Waals surface area contributed by atoms with Gasteiger partial charge in [0.05, 0.1) is 17.3 Å². The summed E-state index contributed by atoms with van der Waals surface area (Å²) < 4.78 is 19.0. The molecule has 1 saturated carbocycles. The number of aromatic nitrogens is 1. The van der Waals surface area contributed by atoms with Gasteiger partial charge in [-0.05, 0) is 32.0 Å². The van der Waals surface area contributed by atoms with Crippen LogP contribution in [0.15, 0.2) is 24.3 Å². The number of halogens is 1. The molecule has 0 saturated heterocycles. The SMILES string of the molecule is CNCc1sc(CCOc2ccccc2F)nc1C1CC1. The Labute approximate surface area is 128 Å². The number of nitrogens with one attached hydrogen (secondary N) is 1. The molecule has 3 nitrogen and oxygen atoms in total. The minimum absolute atomic E-state index is 0.312. The number of benzene rings is 1. The first-order valence-corrected chi connectivity index (χ1v) is 8.10. The van der Waals surface area contributed by atoms with E-state index in [1.165, 1.54) is 29.5 Å². The zero-order valence-electron chi connectivity index (χ0n) is 12.1. The van der Waals surface area contributed by atoms with Crippen LogP contribution in [0.1, 0.15) is 34.3 Å². The number of ether oxygens (including phenoxy) is 1. The van der Waals surface area contributed by atoms with Crippen LogP contribution < -0.4 is 10.1 Å². The predicted molar refractivity (Wildman–Crippen MR) is 82.5 cm³/mol. The van der Waals surface area contributed by atoms with E-state index in [0.717, 1.165) is 18.0 Å². The smallest absolute Gasteiger partial charge is 0.165 e. The molecule has 0 unspecified atom stereocenters. The van der Waals surface area contributed by atoms with Gasteiger partial charge in [-0.15, -0.1) is 11.3 Å². The molecule has 1 aliphatic carbocycles. The first kappa shape index (κ1) is 14.5. The monoisotopic (exact) mass is 306 g/mol. The van der Waals surface area contributed by atoms with E-state index in [1.54, 1.807) is 29.5 Å². The highest BCUT2D eigenvalue weighted by Gasteiger charge is 2.29. The number of nitrogens with zero attached hydrogens (tertiary/aromatic N) is 1. The van der Waals surface area contributed by atoms with Gasteiger partial charge in [0.1, 0.15) is 0 Å². The Hall–Kier alpha value is -1.46. The maximum Gasteiger partial charge on any atom is 0.165 e. The van der Waals surface area contributed by atoms with Gasteiger partial charge in [0.2, 0.25) is 0 Å². The molecule has 0 spiro atoms. The average molecular weight is 306 g/mol. The summed E-state index contributed by atoms with van der Waals surface area (Å²) in [5, 5.41) is 4.28. The van der Waals surface area contributed by atoms with E-state index < -0.39 is 0 Å². The van der Waals surface area contributed by atoms with Crippen molar-refractivity contribution in [1.82, 2.24) is 10.3 Å². The maximum atomic E-state index is 13.5. The predicted octanol–water partition coefficient (Wildman–Crippen LogP) is 3.50. The topological polar surface area (TPSA) is 34.1 Å². The highest BCUT2D eigenvalue weighted by Crippen LogP contribution is 2.42. The van der Waals surface area contributed by atoms with E-state index in [1.807, 2.05) is 7.05 Å². The lowest BCUT2D eigenvalue weighted by Gasteiger charge is -2.05. The van der Waals surface area contributed by atoms with Crippen molar-refractivity contribution < 1.29 is 9.13 Å². The Morgan fingerprint density at radius 3 is 2.90 bits per heavy atom. The third kappa shape index (κ3) is 3.60. The van der Waals surface area contributed by atoms with E-state index in [2.05, 4.69) is 5.32 Å². The fraction of sp³-hybridized carbons (Fsp3) is 0.438. The molecule has 0 atom stereocenters. The minimum atomic E-state index is -0.314. The fourth-order valence-corrected chi connectivity index (χ4v) is 3.44. The Morgan fingerprint density at radius 2 is 2.19 bits per heavy atom. The zero-order valence-corrected chi connectivity index (χ0v) is 12.9. The van der Waals surface area contributed by atoms with Crippen LogP contribution in [0.25, 0.3) is 0 Å². The molecule has 1 aliphatic rings. The van der Waals surface area contributed by atoms with Crippen molar-refractivity contribution in [3.8, 4) is 5.75 Å². The molecule has 0 bridgehead atoms. The summed E-state index contributed by atoms with van der Waals surface area (Å²) in [5.41, 5.74) is 1.26. The molecule has 0 amide bonds. The van der Waals surface area contributed by atoms with Crippen molar-refractivity contribution in [2.45, 2.75) is 31.7 Å². The summed E-state index contributed by atoms with van der Waals surface area (Å²) >= 11 is 1.74. The van der Waals surface area contributed by atoms with Crippen LogP contribution in [0.5, 0.6) is 5.75 Å². The van der Waals surface area contributed by atoms with Crippen LogP contribution >= 0.6 is 11.3 Å². The lowest BCUT2D eigenvalue weighted by molar-refractivity contribution is 0.305. The van der Waals surface area contributed by atoms with E-state index in [-0.39, 0.29) is 5.82 Å². The van der Waals surface area contributed by atoms with Crippen LogP contribution in [0, 0.1) is 5.82 Å². The van der Waals surface area contributed by atoms with Crippen molar-refractivity contribution in [2.24, 2.45) is 0 Å². The zero-order chi connectivity index (χ0) is 14.7. The van der Waals surface area contributed by atoms with E-state index in [4.69, 9.17) is 9.72 Å². The Morgan fingerprint density at radius 1 is 1.38 bits per heavy atom. The second kappa shape index (κ2) is 6.54. The Bertz CT molecular complexity index is 610. The number of para-hydroxylation sites is 1. The summed E-state index contributed by atoms with van der Waals surface area (Å²) in [5.74, 6) is 0.656. The second-order valence-corrected chi connectivity index (χ2v) is 6.42. The van der Waals surface area contributed by atoms with Crippen LogP contribution in [-0.2, 0) is 13.0 Å². The Balaban J connectivity index is 1.60. The molecular weight excluding hydrogens is 287 g/mol. The van der Waals surface area contributed by atoms with Gasteiger partial charge in [0.25, 0.3) is 0 Å². The second-order valence-electron chi connectivity index (χ2n) is 5.25. The third-order valence-corrected chi connectivity index (χ3v) is 4.61. The van der Waals surface area contributed by atoms with Gasteiger partial charge < -0.3 is 10.1 Å². The maximum absolute atomic E-state index is 13.5. The standard InChI is InChI=1S/C16H19FN2OS/c1-18-10-14-16(11-6-7-11)19-15(21-14)8-9-20-13-5-3-2-4-12(13)17/h2-5,11,18H,6-10H2,1H3. The first-order chi connectivity index (χ1) is 10.3. The summed E-state index contributed by atoms with van der Waals surface area (Å²) in [7, 11) is 1.96. The van der Waals surface area contributed by atoms with Gasteiger partial charge in [-0.2, -0.15) is 0 Å². The van der Waals surface area contributed by atoms with Gasteiger partial charge in [0, 0.05) is 23.8 Å². The van der Waals surface area contributed by atoms with E-state index in [0.29, 0.717) is 18.3 Å². The molecule has 112 valence electrons. The van der Waals surface area contributed by atoms with Crippen molar-refractivity contribution >= 4 is 11.3 Å². The summed E-state index contributed by atoms with van der Waals surface area (Å²) in [6.07, 6.45) is 3.24. The molecule has 1 aromatic heterocycles. The summed E-state index contributed by atoms with van der Waals surface area (Å²) in [6.45, 7) is 1.33. The molecule has 3 rings (SSSR count).